The first-order valence-electron chi connectivity index (χ1n) is 17.0. The fourth-order valence-corrected chi connectivity index (χ4v) is 7.86. The zero-order valence-corrected chi connectivity index (χ0v) is 29.5. The minimum absolute atomic E-state index is 0.0164. The highest BCUT2D eigenvalue weighted by Gasteiger charge is 2.66. The zero-order chi connectivity index (χ0) is 35.5. The SMILES string of the molecule is CC1(C)O[C@H]2[C@H](CO[C@]3(COC(C)(C)O3)[C@@H]2OC(=O)c2ccc(C(=O)O[C@@H]3[C@H]4OC(C)(C)O[C@H]4CO[C@]34COC(C)(C)O4)c3ccccc23)O1. The predicted octanol–water partition coefficient (Wildman–Crippen LogP) is 3.95. The van der Waals surface area contributed by atoms with Gasteiger partial charge in [-0.05, 0) is 78.3 Å². The highest BCUT2D eigenvalue weighted by atomic mass is 16.9. The van der Waals surface area contributed by atoms with Crippen molar-refractivity contribution in [3.8, 4) is 0 Å². The van der Waals surface area contributed by atoms with Crippen molar-refractivity contribution in [3.63, 3.8) is 0 Å². The van der Waals surface area contributed by atoms with Crippen LogP contribution in [0.3, 0.4) is 0 Å². The molecule has 6 saturated heterocycles. The summed E-state index contributed by atoms with van der Waals surface area (Å²) in [6, 6.07) is 10.1. The van der Waals surface area contributed by atoms with E-state index in [-0.39, 0.29) is 37.6 Å². The van der Waals surface area contributed by atoms with Gasteiger partial charge >= 0.3 is 11.9 Å². The summed E-state index contributed by atoms with van der Waals surface area (Å²) in [5.74, 6) is -8.01. The molecule has 6 aliphatic rings. The van der Waals surface area contributed by atoms with Crippen LogP contribution in [0.25, 0.3) is 10.8 Å². The van der Waals surface area contributed by atoms with E-state index in [0.717, 1.165) is 0 Å². The second-order valence-electron chi connectivity index (χ2n) is 15.5. The molecule has 8 rings (SSSR count). The topological polar surface area (TPSA) is 145 Å². The maximum atomic E-state index is 14.1. The van der Waals surface area contributed by atoms with Crippen LogP contribution in [-0.2, 0) is 56.8 Å². The van der Waals surface area contributed by atoms with Crippen molar-refractivity contribution in [3.05, 3.63) is 47.5 Å². The third-order valence-corrected chi connectivity index (χ3v) is 9.80. The Kier molecular flexibility index (Phi) is 7.81. The van der Waals surface area contributed by atoms with Gasteiger partial charge in [0.15, 0.2) is 35.4 Å². The number of benzene rings is 2. The number of hydrogen-bond donors (Lipinski definition) is 0. The Hall–Kier alpha value is -2.76. The molecule has 0 bridgehead atoms. The van der Waals surface area contributed by atoms with Crippen molar-refractivity contribution in [2.45, 2.75) is 127 Å². The smallest absolute Gasteiger partial charge is 0.339 e. The highest BCUT2D eigenvalue weighted by molar-refractivity contribution is 6.11. The van der Waals surface area contributed by atoms with Crippen molar-refractivity contribution in [1.82, 2.24) is 0 Å². The van der Waals surface area contributed by atoms with Gasteiger partial charge in [0, 0.05) is 0 Å². The van der Waals surface area contributed by atoms with Crippen LogP contribution in [0.4, 0.5) is 0 Å². The number of carbonyl (C=O) groups excluding carboxylic acids is 2. The van der Waals surface area contributed by atoms with Gasteiger partial charge in [-0.2, -0.15) is 0 Å². The van der Waals surface area contributed by atoms with Gasteiger partial charge < -0.3 is 56.8 Å². The lowest BCUT2D eigenvalue weighted by Gasteiger charge is -2.43. The Morgan fingerprint density at radius 1 is 0.560 bits per heavy atom. The van der Waals surface area contributed by atoms with Crippen LogP contribution in [0.5, 0.6) is 0 Å². The van der Waals surface area contributed by atoms with Crippen molar-refractivity contribution in [2.75, 3.05) is 26.4 Å². The first kappa shape index (κ1) is 34.3. The van der Waals surface area contributed by atoms with Gasteiger partial charge in [-0.3, -0.25) is 0 Å². The van der Waals surface area contributed by atoms with Crippen LogP contribution in [0.2, 0.25) is 0 Å². The molecule has 0 saturated carbocycles. The Labute approximate surface area is 289 Å². The van der Waals surface area contributed by atoms with E-state index < -0.39 is 83.3 Å². The minimum atomic E-state index is -1.42. The highest BCUT2D eigenvalue weighted by Crippen LogP contribution is 2.47. The summed E-state index contributed by atoms with van der Waals surface area (Å²) in [5.41, 5.74) is 0.429. The van der Waals surface area contributed by atoms with Gasteiger partial charge in [-0.1, -0.05) is 24.3 Å². The van der Waals surface area contributed by atoms with E-state index in [1.54, 1.807) is 79.7 Å². The summed E-state index contributed by atoms with van der Waals surface area (Å²) >= 11 is 0. The predicted molar refractivity (Wildman–Crippen MR) is 170 cm³/mol. The van der Waals surface area contributed by atoms with Gasteiger partial charge in [0.1, 0.15) is 37.6 Å². The summed E-state index contributed by atoms with van der Waals surface area (Å²) in [5, 5.41) is 0.940. The average molecular weight is 701 g/mol. The second kappa shape index (κ2) is 11.4. The molecule has 2 aromatic rings. The molecule has 2 aromatic carbocycles. The summed E-state index contributed by atoms with van der Waals surface area (Å²) in [7, 11) is 0. The first-order valence-corrected chi connectivity index (χ1v) is 17.0. The summed E-state index contributed by atoms with van der Waals surface area (Å²) in [6.07, 6.45) is -4.44. The molecule has 272 valence electrons. The first-order chi connectivity index (χ1) is 23.4. The van der Waals surface area contributed by atoms with Crippen molar-refractivity contribution in [2.24, 2.45) is 0 Å². The summed E-state index contributed by atoms with van der Waals surface area (Å²) in [6.45, 7) is 14.6. The summed E-state index contributed by atoms with van der Waals surface area (Å²) in [4.78, 5) is 28.3. The Bertz CT molecular complexity index is 1580. The van der Waals surface area contributed by atoms with Gasteiger partial charge in [-0.25, -0.2) is 9.59 Å². The molecule has 6 aliphatic heterocycles. The molecule has 50 heavy (non-hydrogen) atoms. The van der Waals surface area contributed by atoms with E-state index in [1.165, 1.54) is 12.1 Å². The van der Waals surface area contributed by atoms with Crippen LogP contribution in [-0.4, -0.2) is 110 Å². The molecule has 2 spiro atoms. The van der Waals surface area contributed by atoms with Gasteiger partial charge in [-0.15, -0.1) is 0 Å². The van der Waals surface area contributed by atoms with Gasteiger partial charge in [0.05, 0.1) is 24.3 Å². The van der Waals surface area contributed by atoms with E-state index in [2.05, 4.69) is 0 Å². The maximum absolute atomic E-state index is 14.1. The standard InChI is InChI=1S/C36H44O14/c1-31(2)41-17-35(49-31)27(25-23(15-39-35)45-33(5,6)47-25)43-29(37)21-13-14-22(20-12-10-9-11-19(20)21)30(38)44-28-26-24(46-34(7,8)48-26)16-40-36(28)18-42-32(3,4)50-36/h9-14,23-28H,15-18H2,1-8H3/t23-,24-,25-,26-,27+,28+,35-,36-/m0/s1. The molecule has 0 aromatic heterocycles. The summed E-state index contributed by atoms with van der Waals surface area (Å²) < 4.78 is 73.7. The molecule has 6 heterocycles. The Morgan fingerprint density at radius 2 is 0.960 bits per heavy atom. The zero-order valence-electron chi connectivity index (χ0n) is 29.5. The largest absolute Gasteiger partial charge is 0.450 e. The lowest BCUT2D eigenvalue weighted by atomic mass is 9.95. The Balaban J connectivity index is 1.10. The molecule has 0 aliphatic carbocycles. The third kappa shape index (κ3) is 5.83. The number of rotatable bonds is 4. The lowest BCUT2D eigenvalue weighted by molar-refractivity contribution is -0.325. The Morgan fingerprint density at radius 3 is 1.32 bits per heavy atom. The molecule has 0 unspecified atom stereocenters. The van der Waals surface area contributed by atoms with Gasteiger partial charge in [0.25, 0.3) is 0 Å². The van der Waals surface area contributed by atoms with Crippen LogP contribution in [0, 0.1) is 0 Å². The normalized spacial score (nSPS) is 39.0. The molecule has 0 N–H and O–H groups in total. The molecule has 0 amide bonds. The fraction of sp³-hybridized carbons (Fsp3) is 0.667. The molecule has 14 heteroatoms. The van der Waals surface area contributed by atoms with E-state index >= 15 is 0 Å². The monoisotopic (exact) mass is 700 g/mol. The van der Waals surface area contributed by atoms with Crippen molar-refractivity contribution >= 4 is 22.7 Å². The number of esters is 2. The number of hydrogen-bond acceptors (Lipinski definition) is 14. The number of fused-ring (bicyclic) bond motifs is 3. The number of ether oxygens (including phenoxy) is 12. The second-order valence-corrected chi connectivity index (χ2v) is 15.5. The quantitative estimate of drug-likeness (QED) is 0.425. The molecular weight excluding hydrogens is 656 g/mol. The van der Waals surface area contributed by atoms with Crippen molar-refractivity contribution in [1.29, 1.82) is 0 Å². The van der Waals surface area contributed by atoms with E-state index in [1.807, 2.05) is 0 Å². The van der Waals surface area contributed by atoms with E-state index in [0.29, 0.717) is 10.8 Å². The maximum Gasteiger partial charge on any atom is 0.339 e. The van der Waals surface area contributed by atoms with E-state index in [9.17, 15) is 9.59 Å². The molecule has 6 fully saturated rings. The van der Waals surface area contributed by atoms with E-state index in [4.69, 9.17) is 56.8 Å². The average Bonchev–Trinajstić information content (AvgIpc) is 3.74. The lowest BCUT2D eigenvalue weighted by Crippen LogP contribution is -2.63. The minimum Gasteiger partial charge on any atom is -0.450 e. The fourth-order valence-electron chi connectivity index (χ4n) is 7.86. The van der Waals surface area contributed by atoms with Crippen LogP contribution in [0.1, 0.15) is 76.1 Å². The molecular formula is C36H44O14. The molecule has 8 atom stereocenters. The van der Waals surface area contributed by atoms with Crippen molar-refractivity contribution < 1.29 is 66.4 Å². The number of carbonyl (C=O) groups is 2. The van der Waals surface area contributed by atoms with Gasteiger partial charge in [0.2, 0.25) is 11.6 Å². The van der Waals surface area contributed by atoms with Crippen LogP contribution in [0.15, 0.2) is 36.4 Å². The molecule has 14 nitrogen and oxygen atoms in total. The van der Waals surface area contributed by atoms with Crippen LogP contribution >= 0.6 is 0 Å². The molecule has 0 radical (unpaired) electrons. The van der Waals surface area contributed by atoms with Crippen LogP contribution < -0.4 is 0 Å². The third-order valence-electron chi connectivity index (χ3n) is 9.80.